The van der Waals surface area contributed by atoms with Crippen molar-refractivity contribution in [3.63, 3.8) is 0 Å². The molecule has 1 fully saturated rings. The van der Waals surface area contributed by atoms with Crippen LogP contribution in [-0.2, 0) is 0 Å². The summed E-state index contributed by atoms with van der Waals surface area (Å²) in [5.41, 5.74) is 1.27. The Morgan fingerprint density at radius 2 is 1.94 bits per heavy atom. The highest BCUT2D eigenvalue weighted by Gasteiger charge is 2.48. The summed E-state index contributed by atoms with van der Waals surface area (Å²) in [5, 5.41) is 12.7. The minimum Gasteiger partial charge on any atom is -0.466 e. The lowest BCUT2D eigenvalue weighted by atomic mass is 9.64. The van der Waals surface area contributed by atoms with Crippen LogP contribution in [0.2, 0.25) is 0 Å². The number of amides is 1. The lowest BCUT2D eigenvalue weighted by Gasteiger charge is -2.49. The predicted molar refractivity (Wildman–Crippen MR) is 68.6 cm³/mol. The number of carbonyl (C=O) groups is 1. The van der Waals surface area contributed by atoms with Gasteiger partial charge in [0.25, 0.3) is 5.91 Å². The van der Waals surface area contributed by atoms with Crippen LogP contribution < -0.4 is 5.32 Å². The van der Waals surface area contributed by atoms with Gasteiger partial charge in [0.05, 0.1) is 11.7 Å². The van der Waals surface area contributed by atoms with Gasteiger partial charge in [-0.15, -0.1) is 0 Å². The number of rotatable bonds is 2. The molecule has 1 saturated carbocycles. The number of carbonyl (C=O) groups excluding carboxylic acids is 1. The quantitative estimate of drug-likeness (QED) is 0.846. The third-order valence-corrected chi connectivity index (χ3v) is 4.31. The topological polar surface area (TPSA) is 62.5 Å². The third-order valence-electron chi connectivity index (χ3n) is 4.31. The fourth-order valence-electron chi connectivity index (χ4n) is 2.51. The molecule has 0 saturated heterocycles. The largest absolute Gasteiger partial charge is 0.466 e. The Bertz CT molecular complexity index is 487. The summed E-state index contributed by atoms with van der Waals surface area (Å²) in [7, 11) is 0. The SMILES string of the molecule is Cc1oc(C)c(C(=O)NC2CC(O)C2(C)C)c1C. The van der Waals surface area contributed by atoms with Crippen molar-refractivity contribution in [2.24, 2.45) is 5.41 Å². The maximum Gasteiger partial charge on any atom is 0.255 e. The molecule has 2 rings (SSSR count). The highest BCUT2D eigenvalue weighted by Crippen LogP contribution is 2.40. The molecular formula is C14H21NO3. The second kappa shape index (κ2) is 4.12. The van der Waals surface area contributed by atoms with E-state index in [-0.39, 0.29) is 23.5 Å². The molecule has 1 aromatic rings. The number of aliphatic hydroxyl groups is 1. The van der Waals surface area contributed by atoms with E-state index in [0.717, 1.165) is 11.3 Å². The molecule has 0 aromatic carbocycles. The van der Waals surface area contributed by atoms with Crippen molar-refractivity contribution in [2.75, 3.05) is 0 Å². The van der Waals surface area contributed by atoms with E-state index in [1.54, 1.807) is 6.92 Å². The highest BCUT2D eigenvalue weighted by molar-refractivity contribution is 5.97. The van der Waals surface area contributed by atoms with Crippen molar-refractivity contribution in [2.45, 2.75) is 53.2 Å². The van der Waals surface area contributed by atoms with Gasteiger partial charge in [0.1, 0.15) is 11.5 Å². The van der Waals surface area contributed by atoms with E-state index in [1.807, 2.05) is 27.7 Å². The molecule has 1 heterocycles. The first-order valence-electron chi connectivity index (χ1n) is 6.30. The van der Waals surface area contributed by atoms with Crippen LogP contribution in [0.15, 0.2) is 4.42 Å². The summed E-state index contributed by atoms with van der Waals surface area (Å²) in [6, 6.07) is 0.0222. The Morgan fingerprint density at radius 3 is 2.33 bits per heavy atom. The molecule has 4 nitrogen and oxygen atoms in total. The van der Waals surface area contributed by atoms with Gasteiger partial charge in [-0.2, -0.15) is 0 Å². The molecule has 1 aromatic heterocycles. The molecule has 18 heavy (non-hydrogen) atoms. The monoisotopic (exact) mass is 251 g/mol. The summed E-state index contributed by atoms with van der Waals surface area (Å²) in [6.45, 7) is 9.48. The normalized spacial score (nSPS) is 25.7. The fraction of sp³-hybridized carbons (Fsp3) is 0.643. The maximum absolute atomic E-state index is 12.2. The minimum absolute atomic E-state index is 0.0222. The summed E-state index contributed by atoms with van der Waals surface area (Å²) in [5.74, 6) is 1.33. The first-order valence-corrected chi connectivity index (χ1v) is 6.30. The number of hydrogen-bond donors (Lipinski definition) is 2. The first-order chi connectivity index (χ1) is 8.25. The molecule has 0 aliphatic heterocycles. The van der Waals surface area contributed by atoms with Crippen molar-refractivity contribution in [1.82, 2.24) is 5.32 Å². The van der Waals surface area contributed by atoms with E-state index in [2.05, 4.69) is 5.32 Å². The van der Waals surface area contributed by atoms with Crippen LogP contribution in [0, 0.1) is 26.2 Å². The molecule has 100 valence electrons. The maximum atomic E-state index is 12.2. The Hall–Kier alpha value is -1.29. The van der Waals surface area contributed by atoms with Crippen molar-refractivity contribution >= 4 is 5.91 Å². The average Bonchev–Trinajstić information content (AvgIpc) is 2.52. The van der Waals surface area contributed by atoms with Gasteiger partial charge in [-0.25, -0.2) is 0 Å². The van der Waals surface area contributed by atoms with Crippen molar-refractivity contribution in [3.05, 3.63) is 22.6 Å². The van der Waals surface area contributed by atoms with E-state index in [4.69, 9.17) is 4.42 Å². The molecule has 1 aliphatic rings. The van der Waals surface area contributed by atoms with Gasteiger partial charge >= 0.3 is 0 Å². The third kappa shape index (κ3) is 1.85. The van der Waals surface area contributed by atoms with Gasteiger partial charge in [-0.1, -0.05) is 13.8 Å². The standard InChI is InChI=1S/C14H21NO3/c1-7-8(2)18-9(3)12(7)13(17)15-10-6-11(16)14(10,4)5/h10-11,16H,6H2,1-5H3,(H,15,17). The zero-order chi connectivity index (χ0) is 13.7. The van der Waals surface area contributed by atoms with E-state index < -0.39 is 0 Å². The molecule has 2 atom stereocenters. The van der Waals surface area contributed by atoms with Crippen molar-refractivity contribution in [3.8, 4) is 0 Å². The molecule has 4 heteroatoms. The van der Waals surface area contributed by atoms with Crippen LogP contribution in [0.5, 0.6) is 0 Å². The second-order valence-electron chi connectivity index (χ2n) is 5.81. The van der Waals surface area contributed by atoms with Crippen LogP contribution in [0.25, 0.3) is 0 Å². The Morgan fingerprint density at radius 1 is 1.33 bits per heavy atom. The summed E-state index contributed by atoms with van der Waals surface area (Å²) >= 11 is 0. The number of furan rings is 1. The molecule has 0 spiro atoms. The molecule has 0 bridgehead atoms. The summed E-state index contributed by atoms with van der Waals surface area (Å²) in [6.07, 6.45) is 0.282. The summed E-state index contributed by atoms with van der Waals surface area (Å²) < 4.78 is 5.46. The van der Waals surface area contributed by atoms with E-state index >= 15 is 0 Å². The van der Waals surface area contributed by atoms with Crippen LogP contribution in [0.1, 0.15) is 47.7 Å². The van der Waals surface area contributed by atoms with Crippen molar-refractivity contribution in [1.29, 1.82) is 0 Å². The zero-order valence-electron chi connectivity index (χ0n) is 11.6. The molecule has 0 radical (unpaired) electrons. The van der Waals surface area contributed by atoms with Gasteiger partial charge in [-0.05, 0) is 27.2 Å². The van der Waals surface area contributed by atoms with Gasteiger partial charge in [0.2, 0.25) is 0 Å². The predicted octanol–water partition coefficient (Wildman–Crippen LogP) is 2.09. The fourth-order valence-corrected chi connectivity index (χ4v) is 2.51. The highest BCUT2D eigenvalue weighted by atomic mass is 16.3. The lowest BCUT2D eigenvalue weighted by molar-refractivity contribution is -0.0689. The molecule has 2 unspecified atom stereocenters. The first kappa shape index (κ1) is 13.1. The van der Waals surface area contributed by atoms with Gasteiger partial charge < -0.3 is 14.8 Å². The van der Waals surface area contributed by atoms with Gasteiger partial charge in [0.15, 0.2) is 0 Å². The van der Waals surface area contributed by atoms with E-state index in [9.17, 15) is 9.90 Å². The van der Waals surface area contributed by atoms with Crippen LogP contribution in [0.3, 0.4) is 0 Å². The second-order valence-corrected chi connectivity index (χ2v) is 5.81. The Labute approximate surface area is 107 Å². The van der Waals surface area contributed by atoms with E-state index in [1.165, 1.54) is 0 Å². The average molecular weight is 251 g/mol. The number of hydrogen-bond acceptors (Lipinski definition) is 3. The molecule has 1 aliphatic carbocycles. The van der Waals surface area contributed by atoms with Crippen LogP contribution >= 0.6 is 0 Å². The Balaban J connectivity index is 2.14. The molecular weight excluding hydrogens is 230 g/mol. The smallest absolute Gasteiger partial charge is 0.255 e. The number of aryl methyl sites for hydroxylation is 2. The lowest BCUT2D eigenvalue weighted by Crippen LogP contribution is -2.61. The van der Waals surface area contributed by atoms with Gasteiger partial charge in [0, 0.05) is 17.0 Å². The number of aliphatic hydroxyl groups excluding tert-OH is 1. The van der Waals surface area contributed by atoms with E-state index in [0.29, 0.717) is 17.7 Å². The zero-order valence-corrected chi connectivity index (χ0v) is 11.6. The molecule has 2 N–H and O–H groups in total. The summed E-state index contributed by atoms with van der Waals surface area (Å²) in [4.78, 5) is 12.2. The Kier molecular flexibility index (Phi) is 3.01. The van der Waals surface area contributed by atoms with Gasteiger partial charge in [-0.3, -0.25) is 4.79 Å². The van der Waals surface area contributed by atoms with Crippen LogP contribution in [-0.4, -0.2) is 23.2 Å². The van der Waals surface area contributed by atoms with Crippen molar-refractivity contribution < 1.29 is 14.3 Å². The minimum atomic E-state index is -0.337. The molecule has 1 amide bonds. The van der Waals surface area contributed by atoms with Crippen LogP contribution in [0.4, 0.5) is 0 Å². The number of nitrogens with one attached hydrogen (secondary N) is 1.